The van der Waals surface area contributed by atoms with Crippen molar-refractivity contribution in [3.8, 4) is 0 Å². The highest BCUT2D eigenvalue weighted by Crippen LogP contribution is 2.30. The lowest BCUT2D eigenvalue weighted by molar-refractivity contribution is 0.173. The van der Waals surface area contributed by atoms with Crippen molar-refractivity contribution < 1.29 is 13.2 Å². The van der Waals surface area contributed by atoms with Crippen LogP contribution in [0.15, 0.2) is 17.1 Å². The summed E-state index contributed by atoms with van der Waals surface area (Å²) >= 11 is 0. The molecule has 3 aliphatic rings. The standard InChI is InChI=1S/C18H31N3O3S.HI/c1-14(2)9-19-18(20-10-15-5-8-25(22,23)13-15)21-6-3-16(11-21)17-4-7-24-12-17;/h15-17H,1,3-13H2,2H3,(H,19,20);1H. The molecule has 3 unspecified atom stereocenters. The zero-order chi connectivity index (χ0) is 17.9. The maximum Gasteiger partial charge on any atom is 0.194 e. The van der Waals surface area contributed by atoms with Crippen molar-refractivity contribution in [1.29, 1.82) is 0 Å². The first-order valence-corrected chi connectivity index (χ1v) is 11.2. The number of rotatable bonds is 5. The summed E-state index contributed by atoms with van der Waals surface area (Å²) in [4.78, 5) is 7.04. The third kappa shape index (κ3) is 6.09. The smallest absolute Gasteiger partial charge is 0.194 e. The molecule has 0 amide bonds. The average Bonchev–Trinajstić information content (AvgIpc) is 3.26. The molecule has 0 spiro atoms. The van der Waals surface area contributed by atoms with Crippen molar-refractivity contribution in [2.45, 2.75) is 26.2 Å². The van der Waals surface area contributed by atoms with E-state index < -0.39 is 9.84 Å². The van der Waals surface area contributed by atoms with Gasteiger partial charge in [-0.2, -0.15) is 0 Å². The zero-order valence-electron chi connectivity index (χ0n) is 15.7. The Balaban J connectivity index is 0.00000243. The number of hydrogen-bond acceptors (Lipinski definition) is 4. The van der Waals surface area contributed by atoms with Gasteiger partial charge in [-0.05, 0) is 43.9 Å². The Morgan fingerprint density at radius 2 is 2.12 bits per heavy atom. The Labute approximate surface area is 174 Å². The molecule has 0 aromatic heterocycles. The maximum absolute atomic E-state index is 11.7. The van der Waals surface area contributed by atoms with Crippen LogP contribution in [0.25, 0.3) is 0 Å². The van der Waals surface area contributed by atoms with Crippen LogP contribution in [0, 0.1) is 17.8 Å². The van der Waals surface area contributed by atoms with Crippen LogP contribution in [-0.2, 0) is 14.6 Å². The number of hydrogen-bond donors (Lipinski definition) is 1. The van der Waals surface area contributed by atoms with E-state index in [0.717, 1.165) is 44.3 Å². The lowest BCUT2D eigenvalue weighted by Crippen LogP contribution is -2.42. The van der Waals surface area contributed by atoms with Gasteiger partial charge in [0.15, 0.2) is 15.8 Å². The van der Waals surface area contributed by atoms with Crippen molar-refractivity contribution in [1.82, 2.24) is 10.2 Å². The number of halogens is 1. The number of nitrogens with one attached hydrogen (secondary N) is 1. The van der Waals surface area contributed by atoms with Gasteiger partial charge in [-0.15, -0.1) is 24.0 Å². The molecule has 0 aliphatic carbocycles. The fourth-order valence-corrected chi connectivity index (χ4v) is 5.90. The van der Waals surface area contributed by atoms with Crippen LogP contribution in [-0.4, -0.2) is 70.2 Å². The largest absolute Gasteiger partial charge is 0.381 e. The first-order valence-electron chi connectivity index (χ1n) is 9.39. The molecule has 3 fully saturated rings. The van der Waals surface area contributed by atoms with Gasteiger partial charge in [0.1, 0.15) is 0 Å². The highest BCUT2D eigenvalue weighted by atomic mass is 127. The Morgan fingerprint density at radius 3 is 2.73 bits per heavy atom. The minimum absolute atomic E-state index is 0. The molecule has 6 nitrogen and oxygen atoms in total. The van der Waals surface area contributed by atoms with Gasteiger partial charge >= 0.3 is 0 Å². The van der Waals surface area contributed by atoms with Crippen LogP contribution < -0.4 is 5.32 Å². The van der Waals surface area contributed by atoms with E-state index in [1.165, 1.54) is 12.8 Å². The molecule has 3 aliphatic heterocycles. The van der Waals surface area contributed by atoms with Gasteiger partial charge in [0.05, 0.1) is 18.1 Å². The van der Waals surface area contributed by atoms with Gasteiger partial charge < -0.3 is 15.0 Å². The van der Waals surface area contributed by atoms with Crippen molar-refractivity contribution in [2.24, 2.45) is 22.7 Å². The van der Waals surface area contributed by atoms with Crippen LogP contribution >= 0.6 is 24.0 Å². The second-order valence-corrected chi connectivity index (χ2v) is 10.1. The first kappa shape index (κ1) is 21.9. The average molecular weight is 497 g/mol. The van der Waals surface area contributed by atoms with Crippen molar-refractivity contribution in [3.63, 3.8) is 0 Å². The van der Waals surface area contributed by atoms with E-state index in [4.69, 9.17) is 9.73 Å². The fraction of sp³-hybridized carbons (Fsp3) is 0.833. The predicted octanol–water partition coefficient (Wildman–Crippen LogP) is 1.92. The van der Waals surface area contributed by atoms with E-state index in [9.17, 15) is 8.42 Å². The number of ether oxygens (including phenoxy) is 1. The minimum atomic E-state index is -2.83. The summed E-state index contributed by atoms with van der Waals surface area (Å²) in [6, 6.07) is 0. The lowest BCUT2D eigenvalue weighted by atomic mass is 9.91. The molecular formula is C18H32IN3O3S. The summed E-state index contributed by atoms with van der Waals surface area (Å²) < 4.78 is 28.9. The molecule has 0 saturated carbocycles. The number of aliphatic imine (C=N–C) groups is 1. The summed E-state index contributed by atoms with van der Waals surface area (Å²) in [7, 11) is -2.83. The number of nitrogens with zero attached hydrogens (tertiary/aromatic N) is 2. The van der Waals surface area contributed by atoms with Gasteiger partial charge in [0, 0.05) is 32.8 Å². The highest BCUT2D eigenvalue weighted by Gasteiger charge is 2.34. The van der Waals surface area contributed by atoms with Crippen molar-refractivity contribution in [2.75, 3.05) is 50.9 Å². The minimum Gasteiger partial charge on any atom is -0.381 e. The normalized spacial score (nSPS) is 31.0. The van der Waals surface area contributed by atoms with Crippen molar-refractivity contribution >= 4 is 39.8 Å². The Hall–Kier alpha value is -0.350. The zero-order valence-corrected chi connectivity index (χ0v) is 18.8. The monoisotopic (exact) mass is 497 g/mol. The summed E-state index contributed by atoms with van der Waals surface area (Å²) in [5.41, 5.74) is 1.03. The molecule has 3 atom stereocenters. The Bertz CT molecular complexity index is 617. The van der Waals surface area contributed by atoms with Crippen LogP contribution in [0.4, 0.5) is 0 Å². The van der Waals surface area contributed by atoms with Crippen LogP contribution in [0.2, 0.25) is 0 Å². The molecule has 3 rings (SSSR count). The van der Waals surface area contributed by atoms with Gasteiger partial charge in [-0.1, -0.05) is 12.2 Å². The van der Waals surface area contributed by atoms with E-state index in [1.54, 1.807) is 0 Å². The van der Waals surface area contributed by atoms with E-state index in [0.29, 0.717) is 36.4 Å². The van der Waals surface area contributed by atoms with Gasteiger partial charge in [-0.3, -0.25) is 0 Å². The van der Waals surface area contributed by atoms with Gasteiger partial charge in [0.25, 0.3) is 0 Å². The van der Waals surface area contributed by atoms with E-state index >= 15 is 0 Å². The first-order chi connectivity index (χ1) is 11.9. The van der Waals surface area contributed by atoms with E-state index in [-0.39, 0.29) is 29.9 Å². The number of likely N-dealkylation sites (tertiary alicyclic amines) is 1. The molecule has 3 saturated heterocycles. The number of guanidine groups is 1. The number of sulfone groups is 1. The second kappa shape index (κ2) is 9.73. The third-order valence-electron chi connectivity index (χ3n) is 5.53. The molecule has 26 heavy (non-hydrogen) atoms. The third-order valence-corrected chi connectivity index (χ3v) is 7.37. The quantitative estimate of drug-likeness (QED) is 0.272. The summed E-state index contributed by atoms with van der Waals surface area (Å²) in [6.07, 6.45) is 3.11. The molecule has 150 valence electrons. The Kier molecular flexibility index (Phi) is 8.21. The summed E-state index contributed by atoms with van der Waals surface area (Å²) in [5, 5.41) is 3.45. The van der Waals surface area contributed by atoms with Crippen LogP contribution in [0.5, 0.6) is 0 Å². The topological polar surface area (TPSA) is 71.0 Å². The fourth-order valence-electron chi connectivity index (χ4n) is 4.04. The van der Waals surface area contributed by atoms with Crippen molar-refractivity contribution in [3.05, 3.63) is 12.2 Å². The molecule has 0 aromatic rings. The maximum atomic E-state index is 11.7. The molecule has 8 heteroatoms. The van der Waals surface area contributed by atoms with E-state index in [2.05, 4.69) is 16.8 Å². The lowest BCUT2D eigenvalue weighted by Gasteiger charge is -2.24. The summed E-state index contributed by atoms with van der Waals surface area (Å²) in [5.74, 6) is 3.08. The molecule has 1 N–H and O–H groups in total. The molecule has 0 radical (unpaired) electrons. The Morgan fingerprint density at radius 1 is 1.31 bits per heavy atom. The second-order valence-electron chi connectivity index (χ2n) is 7.87. The molecule has 3 heterocycles. The SMILES string of the molecule is C=C(C)CN=C(NCC1CCS(=O)(=O)C1)N1CCC(C2CCOC2)C1.I. The molecule has 0 aromatic carbocycles. The predicted molar refractivity (Wildman–Crippen MR) is 116 cm³/mol. The molecular weight excluding hydrogens is 465 g/mol. The van der Waals surface area contributed by atoms with Gasteiger partial charge in [-0.25, -0.2) is 13.4 Å². The van der Waals surface area contributed by atoms with Gasteiger partial charge in [0.2, 0.25) is 0 Å². The van der Waals surface area contributed by atoms with E-state index in [1.807, 2.05) is 6.92 Å². The summed E-state index contributed by atoms with van der Waals surface area (Å²) in [6.45, 7) is 11.0. The molecule has 0 bridgehead atoms. The van der Waals surface area contributed by atoms with Crippen LogP contribution in [0.1, 0.15) is 26.2 Å². The van der Waals surface area contributed by atoms with Crippen LogP contribution in [0.3, 0.4) is 0 Å². The highest BCUT2D eigenvalue weighted by molar-refractivity contribution is 14.0.